The summed E-state index contributed by atoms with van der Waals surface area (Å²) < 4.78 is 1.52. The molecule has 0 fully saturated rings. The second kappa shape index (κ2) is 7.72. The van der Waals surface area contributed by atoms with Gasteiger partial charge in [-0.05, 0) is 42.5 Å². The average Bonchev–Trinajstić information content (AvgIpc) is 2.77. The molecule has 2 aromatic carbocycles. The van der Waals surface area contributed by atoms with Crippen molar-refractivity contribution in [2.24, 2.45) is 0 Å². The predicted octanol–water partition coefficient (Wildman–Crippen LogP) is 4.15. The monoisotopic (exact) mass is 367 g/mol. The standard InChI is InChI=1S/C23H17N3O2/c27-22(17-9-3-1-4-10-17)25-21-15-18(20-13-7-8-14-24-20)16-26(23(21)28)19-11-5-2-6-12-19/h1-16H,(H,25,27). The molecule has 0 unspecified atom stereocenters. The lowest BCUT2D eigenvalue weighted by Crippen LogP contribution is -2.25. The van der Waals surface area contributed by atoms with Crippen LogP contribution in [0.5, 0.6) is 0 Å². The van der Waals surface area contributed by atoms with Crippen molar-refractivity contribution < 1.29 is 4.79 Å². The third kappa shape index (κ3) is 3.59. The first-order valence-corrected chi connectivity index (χ1v) is 8.82. The molecule has 4 rings (SSSR count). The molecule has 0 spiro atoms. The van der Waals surface area contributed by atoms with Gasteiger partial charge in [-0.1, -0.05) is 42.5 Å². The van der Waals surface area contributed by atoms with Gasteiger partial charge in [0, 0.05) is 29.2 Å². The Balaban J connectivity index is 1.83. The Bertz CT molecular complexity index is 1150. The maximum Gasteiger partial charge on any atom is 0.278 e. The molecule has 0 radical (unpaired) electrons. The Morgan fingerprint density at radius 1 is 0.857 bits per heavy atom. The van der Waals surface area contributed by atoms with Gasteiger partial charge in [-0.3, -0.25) is 19.1 Å². The lowest BCUT2D eigenvalue weighted by molar-refractivity contribution is 0.102. The lowest BCUT2D eigenvalue weighted by Gasteiger charge is -2.13. The molecule has 0 aliphatic heterocycles. The summed E-state index contributed by atoms with van der Waals surface area (Å²) in [4.78, 5) is 30.0. The number of carbonyl (C=O) groups is 1. The van der Waals surface area contributed by atoms with Crippen LogP contribution >= 0.6 is 0 Å². The van der Waals surface area contributed by atoms with E-state index in [0.717, 1.165) is 5.56 Å². The van der Waals surface area contributed by atoms with Crippen LogP contribution in [0.2, 0.25) is 0 Å². The van der Waals surface area contributed by atoms with Crippen LogP contribution in [-0.2, 0) is 0 Å². The number of carbonyl (C=O) groups excluding carboxylic acids is 1. The first-order valence-electron chi connectivity index (χ1n) is 8.82. The van der Waals surface area contributed by atoms with Crippen molar-refractivity contribution in [2.45, 2.75) is 0 Å². The second-order valence-electron chi connectivity index (χ2n) is 6.19. The Kier molecular flexibility index (Phi) is 4.80. The molecule has 4 aromatic rings. The summed E-state index contributed by atoms with van der Waals surface area (Å²) in [6.07, 6.45) is 3.42. The molecule has 5 nitrogen and oxygen atoms in total. The normalized spacial score (nSPS) is 10.4. The highest BCUT2D eigenvalue weighted by atomic mass is 16.2. The fraction of sp³-hybridized carbons (Fsp3) is 0. The first kappa shape index (κ1) is 17.4. The molecular formula is C23H17N3O2. The third-order valence-electron chi connectivity index (χ3n) is 4.30. The number of anilines is 1. The van der Waals surface area contributed by atoms with Crippen LogP contribution in [0.1, 0.15) is 10.4 Å². The molecule has 0 aliphatic rings. The molecule has 1 amide bonds. The van der Waals surface area contributed by atoms with E-state index < -0.39 is 0 Å². The predicted molar refractivity (Wildman–Crippen MR) is 110 cm³/mol. The maximum absolute atomic E-state index is 13.0. The van der Waals surface area contributed by atoms with Crippen LogP contribution in [0.15, 0.2) is 102 Å². The molecule has 0 saturated heterocycles. The maximum atomic E-state index is 13.0. The number of nitrogens with zero attached hydrogens (tertiary/aromatic N) is 2. The molecule has 0 atom stereocenters. The van der Waals surface area contributed by atoms with Crippen LogP contribution in [0, 0.1) is 0 Å². The van der Waals surface area contributed by atoms with Gasteiger partial charge in [0.2, 0.25) is 0 Å². The Labute approximate surface area is 161 Å². The van der Waals surface area contributed by atoms with E-state index in [9.17, 15) is 9.59 Å². The molecule has 28 heavy (non-hydrogen) atoms. The van der Waals surface area contributed by atoms with Crippen molar-refractivity contribution in [2.75, 3.05) is 5.32 Å². The largest absolute Gasteiger partial charge is 0.317 e. The zero-order valence-electron chi connectivity index (χ0n) is 14.9. The number of para-hydroxylation sites is 1. The minimum atomic E-state index is -0.338. The van der Waals surface area contributed by atoms with Crippen LogP contribution in [0.3, 0.4) is 0 Å². The number of amides is 1. The Morgan fingerprint density at radius 2 is 1.54 bits per heavy atom. The molecule has 2 heterocycles. The second-order valence-corrected chi connectivity index (χ2v) is 6.19. The van der Waals surface area contributed by atoms with Crippen LogP contribution in [0.25, 0.3) is 16.9 Å². The van der Waals surface area contributed by atoms with Gasteiger partial charge in [0.1, 0.15) is 5.69 Å². The van der Waals surface area contributed by atoms with E-state index in [1.165, 1.54) is 4.57 Å². The summed E-state index contributed by atoms with van der Waals surface area (Å²) in [7, 11) is 0. The van der Waals surface area contributed by atoms with Crippen LogP contribution in [0.4, 0.5) is 5.69 Å². The van der Waals surface area contributed by atoms with Crippen molar-refractivity contribution in [3.63, 3.8) is 0 Å². The van der Waals surface area contributed by atoms with Crippen molar-refractivity contribution in [3.05, 3.63) is 113 Å². The summed E-state index contributed by atoms with van der Waals surface area (Å²) in [5.74, 6) is -0.338. The van der Waals surface area contributed by atoms with Gasteiger partial charge in [-0.25, -0.2) is 0 Å². The first-order chi connectivity index (χ1) is 13.7. The highest BCUT2D eigenvalue weighted by Crippen LogP contribution is 2.20. The van der Waals surface area contributed by atoms with E-state index in [2.05, 4.69) is 10.3 Å². The highest BCUT2D eigenvalue weighted by Gasteiger charge is 2.13. The van der Waals surface area contributed by atoms with E-state index in [1.807, 2.05) is 54.6 Å². The molecule has 5 heteroatoms. The Morgan fingerprint density at radius 3 is 2.21 bits per heavy atom. The quantitative estimate of drug-likeness (QED) is 0.589. The minimum Gasteiger partial charge on any atom is -0.317 e. The van der Waals surface area contributed by atoms with Crippen molar-refractivity contribution in [3.8, 4) is 16.9 Å². The van der Waals surface area contributed by atoms with Crippen LogP contribution in [-0.4, -0.2) is 15.5 Å². The molecule has 0 aliphatic carbocycles. The number of nitrogens with one attached hydrogen (secondary N) is 1. The fourth-order valence-corrected chi connectivity index (χ4v) is 2.91. The van der Waals surface area contributed by atoms with Gasteiger partial charge < -0.3 is 5.32 Å². The molecule has 2 aromatic heterocycles. The molecule has 0 bridgehead atoms. The van der Waals surface area contributed by atoms with E-state index in [0.29, 0.717) is 16.9 Å². The van der Waals surface area contributed by atoms with Crippen molar-refractivity contribution in [1.29, 1.82) is 0 Å². The SMILES string of the molecule is O=C(Nc1cc(-c2ccccn2)cn(-c2ccccc2)c1=O)c1ccccc1. The lowest BCUT2D eigenvalue weighted by atomic mass is 10.1. The molecule has 1 N–H and O–H groups in total. The summed E-state index contributed by atoms with van der Waals surface area (Å²) in [6, 6.07) is 25.3. The average molecular weight is 367 g/mol. The van der Waals surface area contributed by atoms with Crippen molar-refractivity contribution >= 4 is 11.6 Å². The van der Waals surface area contributed by atoms with Gasteiger partial charge in [0.15, 0.2) is 0 Å². The van der Waals surface area contributed by atoms with Gasteiger partial charge in [0.05, 0.1) is 5.69 Å². The van der Waals surface area contributed by atoms with Gasteiger partial charge in [-0.15, -0.1) is 0 Å². The smallest absolute Gasteiger partial charge is 0.278 e. The highest BCUT2D eigenvalue weighted by molar-refractivity contribution is 6.04. The van der Waals surface area contributed by atoms with E-state index in [4.69, 9.17) is 0 Å². The van der Waals surface area contributed by atoms with Crippen molar-refractivity contribution in [1.82, 2.24) is 9.55 Å². The van der Waals surface area contributed by atoms with Gasteiger partial charge in [0.25, 0.3) is 11.5 Å². The number of benzene rings is 2. The topological polar surface area (TPSA) is 64.0 Å². The van der Waals surface area contributed by atoms with E-state index in [-0.39, 0.29) is 17.2 Å². The number of hydrogen-bond donors (Lipinski definition) is 1. The number of pyridine rings is 2. The number of hydrogen-bond acceptors (Lipinski definition) is 3. The zero-order valence-corrected chi connectivity index (χ0v) is 14.9. The molecular weight excluding hydrogens is 350 g/mol. The zero-order chi connectivity index (χ0) is 19.3. The Hall–Kier alpha value is -3.99. The minimum absolute atomic E-state index is 0.195. The molecule has 136 valence electrons. The molecule has 0 saturated carbocycles. The van der Waals surface area contributed by atoms with Gasteiger partial charge in [-0.2, -0.15) is 0 Å². The fourth-order valence-electron chi connectivity index (χ4n) is 2.91. The summed E-state index contributed by atoms with van der Waals surface area (Å²) in [5, 5.41) is 2.75. The summed E-state index contributed by atoms with van der Waals surface area (Å²) in [6.45, 7) is 0. The van der Waals surface area contributed by atoms with Gasteiger partial charge >= 0.3 is 0 Å². The van der Waals surface area contributed by atoms with Crippen LogP contribution < -0.4 is 10.9 Å². The summed E-state index contributed by atoms with van der Waals surface area (Å²) in [5.41, 5.74) is 2.52. The number of aromatic nitrogens is 2. The summed E-state index contributed by atoms with van der Waals surface area (Å²) >= 11 is 0. The van der Waals surface area contributed by atoms with E-state index in [1.54, 1.807) is 42.7 Å². The third-order valence-corrected chi connectivity index (χ3v) is 4.30. The number of rotatable bonds is 4. The van der Waals surface area contributed by atoms with E-state index >= 15 is 0 Å².